The highest BCUT2D eigenvalue weighted by Crippen LogP contribution is 2.28. The normalized spacial score (nSPS) is 18.0. The second-order valence-electron chi connectivity index (χ2n) is 5.76. The zero-order chi connectivity index (χ0) is 15.5. The number of benzene rings is 1. The molecule has 0 aromatic heterocycles. The fraction of sp³-hybridized carbons (Fsp3) is 0.625. The lowest BCUT2D eigenvalue weighted by atomic mass is 9.96. The summed E-state index contributed by atoms with van der Waals surface area (Å²) in [6, 6.07) is 5.56. The van der Waals surface area contributed by atoms with Gasteiger partial charge in [-0.3, -0.25) is 0 Å². The van der Waals surface area contributed by atoms with E-state index in [0.29, 0.717) is 36.9 Å². The largest absolute Gasteiger partial charge is 0.326 e. The Morgan fingerprint density at radius 3 is 2.43 bits per heavy atom. The van der Waals surface area contributed by atoms with E-state index < -0.39 is 10.0 Å². The Balaban J connectivity index is 2.31. The molecular weight excluding hydrogens is 284 g/mol. The summed E-state index contributed by atoms with van der Waals surface area (Å²) >= 11 is 0. The molecule has 2 N–H and O–H groups in total. The molecule has 0 bridgehead atoms. The molecule has 1 aliphatic rings. The van der Waals surface area contributed by atoms with Gasteiger partial charge in [-0.1, -0.05) is 32.4 Å². The molecule has 0 unspecified atom stereocenters. The van der Waals surface area contributed by atoms with E-state index in [-0.39, 0.29) is 0 Å². The minimum Gasteiger partial charge on any atom is -0.326 e. The fourth-order valence-electron chi connectivity index (χ4n) is 2.96. The predicted molar refractivity (Wildman–Crippen MR) is 85.5 cm³/mol. The van der Waals surface area contributed by atoms with Crippen molar-refractivity contribution in [2.24, 2.45) is 11.7 Å². The van der Waals surface area contributed by atoms with Crippen molar-refractivity contribution in [3.8, 4) is 0 Å². The molecule has 2 rings (SSSR count). The molecule has 5 heteroatoms. The molecule has 0 spiro atoms. The predicted octanol–water partition coefficient (Wildman–Crippen LogP) is 2.52. The maximum Gasteiger partial charge on any atom is 0.243 e. The van der Waals surface area contributed by atoms with Crippen molar-refractivity contribution in [2.75, 3.05) is 13.1 Å². The maximum atomic E-state index is 12.9. The third-order valence-electron chi connectivity index (χ3n) is 4.52. The number of rotatable bonds is 5. The van der Waals surface area contributed by atoms with E-state index in [0.717, 1.165) is 30.4 Å². The highest BCUT2D eigenvalue weighted by Gasteiger charge is 2.30. The molecule has 0 amide bonds. The number of hydrogen-bond donors (Lipinski definition) is 1. The highest BCUT2D eigenvalue weighted by atomic mass is 32.2. The molecule has 21 heavy (non-hydrogen) atoms. The van der Waals surface area contributed by atoms with Crippen LogP contribution in [-0.2, 0) is 23.0 Å². The summed E-state index contributed by atoms with van der Waals surface area (Å²) < 4.78 is 27.5. The van der Waals surface area contributed by atoms with Crippen LogP contribution < -0.4 is 5.73 Å². The Hall–Kier alpha value is -0.910. The smallest absolute Gasteiger partial charge is 0.243 e. The average molecular weight is 310 g/mol. The van der Waals surface area contributed by atoms with Gasteiger partial charge in [0.15, 0.2) is 0 Å². The third kappa shape index (κ3) is 3.47. The topological polar surface area (TPSA) is 63.4 Å². The molecule has 0 radical (unpaired) electrons. The molecule has 1 fully saturated rings. The monoisotopic (exact) mass is 310 g/mol. The van der Waals surface area contributed by atoms with Crippen LogP contribution in [-0.4, -0.2) is 25.8 Å². The zero-order valence-corrected chi connectivity index (χ0v) is 13.8. The number of nitrogens with zero attached hydrogens (tertiary/aromatic N) is 1. The molecule has 1 saturated heterocycles. The van der Waals surface area contributed by atoms with Crippen LogP contribution in [0.2, 0.25) is 0 Å². The summed E-state index contributed by atoms with van der Waals surface area (Å²) in [4.78, 5) is 0.447. The van der Waals surface area contributed by atoms with Crippen LogP contribution >= 0.6 is 0 Å². The van der Waals surface area contributed by atoms with Crippen LogP contribution in [0.4, 0.5) is 0 Å². The van der Waals surface area contributed by atoms with E-state index in [2.05, 4.69) is 6.92 Å². The lowest BCUT2D eigenvalue weighted by Gasteiger charge is -2.31. The number of nitrogens with two attached hydrogens (primary N) is 1. The van der Waals surface area contributed by atoms with Gasteiger partial charge in [0.1, 0.15) is 0 Å². The Kier molecular flexibility index (Phi) is 5.41. The Bertz CT molecular complexity index is 576. The van der Waals surface area contributed by atoms with Crippen LogP contribution in [0.3, 0.4) is 0 Å². The fourth-order valence-corrected chi connectivity index (χ4v) is 4.77. The quantitative estimate of drug-likeness (QED) is 0.909. The minimum atomic E-state index is -3.39. The molecule has 118 valence electrons. The molecule has 1 heterocycles. The molecular formula is C16H26N2O2S. The van der Waals surface area contributed by atoms with Gasteiger partial charge in [0, 0.05) is 19.6 Å². The van der Waals surface area contributed by atoms with E-state index in [4.69, 9.17) is 5.73 Å². The molecule has 1 aromatic rings. The summed E-state index contributed by atoms with van der Waals surface area (Å²) in [5.41, 5.74) is 7.41. The Morgan fingerprint density at radius 1 is 1.24 bits per heavy atom. The lowest BCUT2D eigenvalue weighted by molar-refractivity contribution is 0.269. The highest BCUT2D eigenvalue weighted by molar-refractivity contribution is 7.89. The standard InChI is InChI=1S/C16H26N2O2S/c1-3-13-7-9-18(10-8-13)21(19,20)16-11-14(12-17)5-6-15(16)4-2/h5-6,11,13H,3-4,7-10,12,17H2,1-2H3. The van der Waals surface area contributed by atoms with Gasteiger partial charge in [-0.05, 0) is 42.4 Å². The van der Waals surface area contributed by atoms with Gasteiger partial charge >= 0.3 is 0 Å². The summed E-state index contributed by atoms with van der Waals surface area (Å²) in [6.45, 7) is 5.80. The number of aryl methyl sites for hydroxylation is 1. The van der Waals surface area contributed by atoms with Crippen molar-refractivity contribution in [3.63, 3.8) is 0 Å². The first-order chi connectivity index (χ1) is 10.0. The summed E-state index contributed by atoms with van der Waals surface area (Å²) in [5, 5.41) is 0. The van der Waals surface area contributed by atoms with Crippen LogP contribution in [0, 0.1) is 5.92 Å². The van der Waals surface area contributed by atoms with Gasteiger partial charge in [-0.15, -0.1) is 0 Å². The van der Waals surface area contributed by atoms with Gasteiger partial charge in [-0.2, -0.15) is 4.31 Å². The molecule has 1 aromatic carbocycles. The van der Waals surface area contributed by atoms with Crippen molar-refractivity contribution in [3.05, 3.63) is 29.3 Å². The first kappa shape index (κ1) is 16.5. The first-order valence-corrected chi connectivity index (χ1v) is 9.28. The van der Waals surface area contributed by atoms with E-state index in [1.165, 1.54) is 0 Å². The SMILES string of the molecule is CCc1ccc(CN)cc1S(=O)(=O)N1CCC(CC)CC1. The van der Waals surface area contributed by atoms with Gasteiger partial charge < -0.3 is 5.73 Å². The van der Waals surface area contributed by atoms with Crippen LogP contribution in [0.1, 0.15) is 44.2 Å². The number of hydrogen-bond acceptors (Lipinski definition) is 3. The van der Waals surface area contributed by atoms with E-state index in [1.54, 1.807) is 10.4 Å². The Morgan fingerprint density at radius 2 is 1.90 bits per heavy atom. The van der Waals surface area contributed by atoms with Crippen molar-refractivity contribution in [1.29, 1.82) is 0 Å². The average Bonchev–Trinajstić information content (AvgIpc) is 2.54. The van der Waals surface area contributed by atoms with Gasteiger partial charge in [0.2, 0.25) is 10.0 Å². The minimum absolute atomic E-state index is 0.365. The first-order valence-electron chi connectivity index (χ1n) is 7.84. The third-order valence-corrected chi connectivity index (χ3v) is 6.50. The van der Waals surface area contributed by atoms with Crippen LogP contribution in [0.5, 0.6) is 0 Å². The number of piperidine rings is 1. The second-order valence-corrected chi connectivity index (χ2v) is 7.66. The van der Waals surface area contributed by atoms with E-state index in [1.807, 2.05) is 19.1 Å². The molecule has 4 nitrogen and oxygen atoms in total. The van der Waals surface area contributed by atoms with Gasteiger partial charge in [0.25, 0.3) is 0 Å². The molecule has 0 aliphatic carbocycles. The lowest BCUT2D eigenvalue weighted by Crippen LogP contribution is -2.38. The van der Waals surface area contributed by atoms with E-state index >= 15 is 0 Å². The van der Waals surface area contributed by atoms with Gasteiger partial charge in [-0.25, -0.2) is 8.42 Å². The van der Waals surface area contributed by atoms with Crippen LogP contribution in [0.15, 0.2) is 23.1 Å². The molecule has 0 atom stereocenters. The summed E-state index contributed by atoms with van der Waals surface area (Å²) in [6.07, 6.45) is 3.78. The van der Waals surface area contributed by atoms with Crippen molar-refractivity contribution in [2.45, 2.75) is 51.0 Å². The summed E-state index contributed by atoms with van der Waals surface area (Å²) in [7, 11) is -3.39. The molecule has 1 aliphatic heterocycles. The van der Waals surface area contributed by atoms with Gasteiger partial charge in [0.05, 0.1) is 4.90 Å². The summed E-state index contributed by atoms with van der Waals surface area (Å²) in [5.74, 6) is 0.664. The van der Waals surface area contributed by atoms with Crippen molar-refractivity contribution >= 4 is 10.0 Å². The van der Waals surface area contributed by atoms with Crippen molar-refractivity contribution in [1.82, 2.24) is 4.31 Å². The second kappa shape index (κ2) is 6.90. The zero-order valence-electron chi connectivity index (χ0n) is 13.0. The maximum absolute atomic E-state index is 12.9. The number of sulfonamides is 1. The van der Waals surface area contributed by atoms with Crippen molar-refractivity contribution < 1.29 is 8.42 Å². The van der Waals surface area contributed by atoms with E-state index in [9.17, 15) is 8.42 Å². The van der Waals surface area contributed by atoms with Crippen LogP contribution in [0.25, 0.3) is 0 Å². The molecule has 0 saturated carbocycles. The Labute approximate surface area is 128 Å².